The molecule has 1 heterocycles. The molecule has 36 heavy (non-hydrogen) atoms. The molecule has 0 saturated carbocycles. The van der Waals surface area contributed by atoms with E-state index in [4.69, 9.17) is 11.6 Å². The second kappa shape index (κ2) is 11.6. The lowest BCUT2D eigenvalue weighted by Crippen LogP contribution is -2.46. The zero-order valence-corrected chi connectivity index (χ0v) is 21.8. The highest BCUT2D eigenvalue weighted by atomic mass is 35.5. The number of rotatable bonds is 9. The van der Waals surface area contributed by atoms with Gasteiger partial charge in [0, 0.05) is 48.3 Å². The molecule has 1 aliphatic heterocycles. The maximum absolute atomic E-state index is 13.1. The Morgan fingerprint density at radius 2 is 2.03 bits per heavy atom. The molecule has 1 aliphatic carbocycles. The Hall–Kier alpha value is -3.39. The number of carbonyl (C=O) groups is 4. The number of nitrogens with one attached hydrogen (secondary N) is 3. The van der Waals surface area contributed by atoms with Crippen LogP contribution in [0.25, 0.3) is 0 Å². The Bertz CT molecular complexity index is 1140. The van der Waals surface area contributed by atoms with Crippen LogP contribution in [0, 0.1) is 11.3 Å². The van der Waals surface area contributed by atoms with Crippen molar-refractivity contribution in [3.63, 3.8) is 0 Å². The minimum absolute atomic E-state index is 0.186. The minimum Gasteiger partial charge on any atom is -0.357 e. The van der Waals surface area contributed by atoms with Gasteiger partial charge in [-0.1, -0.05) is 56.7 Å². The summed E-state index contributed by atoms with van der Waals surface area (Å²) in [5.41, 5.74) is 2.40. The third kappa shape index (κ3) is 6.23. The maximum atomic E-state index is 13.1. The highest BCUT2D eigenvalue weighted by Gasteiger charge is 2.35. The average molecular weight is 513 g/mol. The smallest absolute Gasteiger partial charge is 0.319 e. The van der Waals surface area contributed by atoms with E-state index >= 15 is 0 Å². The van der Waals surface area contributed by atoms with Gasteiger partial charge in [-0.3, -0.25) is 9.59 Å². The van der Waals surface area contributed by atoms with Crippen molar-refractivity contribution in [1.82, 2.24) is 20.9 Å². The molecule has 192 valence electrons. The number of amides is 4. The number of nitrogens with zero attached hydrogens (tertiary/aromatic N) is 1. The molecule has 8 nitrogen and oxygen atoms in total. The summed E-state index contributed by atoms with van der Waals surface area (Å²) in [6, 6.07) is 4.29. The average Bonchev–Trinajstić information content (AvgIpc) is 3.07. The molecule has 0 saturated heterocycles. The third-order valence-corrected chi connectivity index (χ3v) is 7.03. The molecular formula is C27H33ClN4O4. The first kappa shape index (κ1) is 27.2. The number of benzene rings is 1. The summed E-state index contributed by atoms with van der Waals surface area (Å²) in [7, 11) is 1.51. The predicted octanol–water partition coefficient (Wildman–Crippen LogP) is 3.77. The number of hydrogen-bond donors (Lipinski definition) is 3. The lowest BCUT2D eigenvalue weighted by atomic mass is 9.79. The molecular weight excluding hydrogens is 480 g/mol. The molecule has 3 rings (SSSR count). The van der Waals surface area contributed by atoms with E-state index < -0.39 is 12.1 Å². The summed E-state index contributed by atoms with van der Waals surface area (Å²) in [6.45, 7) is 6.81. The van der Waals surface area contributed by atoms with Gasteiger partial charge >= 0.3 is 6.03 Å². The van der Waals surface area contributed by atoms with Crippen LogP contribution >= 0.6 is 11.6 Å². The van der Waals surface area contributed by atoms with Crippen molar-refractivity contribution in [1.29, 1.82) is 0 Å². The lowest BCUT2D eigenvalue weighted by Gasteiger charge is -2.26. The van der Waals surface area contributed by atoms with E-state index in [0.29, 0.717) is 28.8 Å². The Balaban J connectivity index is 1.64. The molecule has 2 atom stereocenters. The molecule has 0 fully saturated rings. The Kier molecular flexibility index (Phi) is 8.74. The van der Waals surface area contributed by atoms with Crippen LogP contribution in [0.2, 0.25) is 0 Å². The second-order valence-corrected chi connectivity index (χ2v) is 10.0. The normalized spacial score (nSPS) is 19.7. The first-order valence-corrected chi connectivity index (χ1v) is 12.4. The number of allylic oxidation sites excluding steroid dienone is 5. The molecule has 0 radical (unpaired) electrons. The summed E-state index contributed by atoms with van der Waals surface area (Å²) < 4.78 is 0. The van der Waals surface area contributed by atoms with Crippen molar-refractivity contribution in [3.05, 3.63) is 69.9 Å². The zero-order valence-electron chi connectivity index (χ0n) is 21.1. The molecule has 2 unspecified atom stereocenters. The van der Waals surface area contributed by atoms with Crippen molar-refractivity contribution in [2.45, 2.75) is 52.7 Å². The number of fused-ring (bicyclic) bond motifs is 1. The number of halogens is 1. The van der Waals surface area contributed by atoms with Gasteiger partial charge in [0.2, 0.25) is 5.91 Å². The first-order valence-electron chi connectivity index (χ1n) is 12.0. The largest absolute Gasteiger partial charge is 0.357 e. The van der Waals surface area contributed by atoms with Crippen LogP contribution in [0.5, 0.6) is 0 Å². The topological polar surface area (TPSA) is 108 Å². The van der Waals surface area contributed by atoms with Gasteiger partial charge in [0.1, 0.15) is 12.3 Å². The summed E-state index contributed by atoms with van der Waals surface area (Å²) in [5.74, 6) is -0.236. The first-order chi connectivity index (χ1) is 17.1. The highest BCUT2D eigenvalue weighted by molar-refractivity contribution is 6.31. The summed E-state index contributed by atoms with van der Waals surface area (Å²) in [6.07, 6.45) is 8.75. The Morgan fingerprint density at radius 1 is 1.28 bits per heavy atom. The SMILES string of the molecule is CNC(=O)C(CCC=O)N1Cc2ccc(CNC(=O)NC3=CC(Cl)=CC(C)(C(C)C)C=C3)cc2C1=O. The fourth-order valence-electron chi connectivity index (χ4n) is 4.20. The zero-order chi connectivity index (χ0) is 26.5. The van der Waals surface area contributed by atoms with Crippen molar-refractivity contribution >= 4 is 35.7 Å². The van der Waals surface area contributed by atoms with E-state index in [1.165, 1.54) is 11.9 Å². The summed E-state index contributed by atoms with van der Waals surface area (Å²) >= 11 is 6.35. The predicted molar refractivity (Wildman–Crippen MR) is 139 cm³/mol. The van der Waals surface area contributed by atoms with E-state index in [1.807, 2.05) is 30.4 Å². The number of aldehydes is 1. The van der Waals surface area contributed by atoms with Gasteiger partial charge in [0.25, 0.3) is 5.91 Å². The molecule has 0 spiro atoms. The van der Waals surface area contributed by atoms with Crippen LogP contribution in [0.1, 0.15) is 55.1 Å². The maximum Gasteiger partial charge on any atom is 0.319 e. The molecule has 4 amide bonds. The summed E-state index contributed by atoms with van der Waals surface area (Å²) in [5, 5.41) is 8.73. The molecule has 0 bridgehead atoms. The molecule has 3 N–H and O–H groups in total. The third-order valence-electron chi connectivity index (χ3n) is 6.81. The number of likely N-dealkylation sites (N-methyl/N-ethyl adjacent to an activating group) is 1. The van der Waals surface area contributed by atoms with Gasteiger partial charge in [-0.25, -0.2) is 4.79 Å². The van der Waals surface area contributed by atoms with E-state index in [1.54, 1.807) is 12.1 Å². The Labute approximate surface area is 216 Å². The lowest BCUT2D eigenvalue weighted by molar-refractivity contribution is -0.125. The molecule has 0 aromatic heterocycles. The minimum atomic E-state index is -0.716. The second-order valence-electron chi connectivity index (χ2n) is 9.59. The van der Waals surface area contributed by atoms with Crippen LogP contribution in [-0.2, 0) is 22.7 Å². The van der Waals surface area contributed by atoms with Crippen LogP contribution in [0.3, 0.4) is 0 Å². The van der Waals surface area contributed by atoms with E-state index in [0.717, 1.165) is 17.4 Å². The molecule has 2 aliphatic rings. The van der Waals surface area contributed by atoms with Crippen LogP contribution in [0.15, 0.2) is 53.2 Å². The number of hydrogen-bond acceptors (Lipinski definition) is 4. The van der Waals surface area contributed by atoms with Gasteiger partial charge in [0.05, 0.1) is 0 Å². The number of carbonyl (C=O) groups excluding carboxylic acids is 4. The van der Waals surface area contributed by atoms with E-state index in [2.05, 4.69) is 36.7 Å². The van der Waals surface area contributed by atoms with Gasteiger partial charge in [-0.05, 0) is 41.7 Å². The van der Waals surface area contributed by atoms with Crippen molar-refractivity contribution in [2.75, 3.05) is 7.05 Å². The van der Waals surface area contributed by atoms with Gasteiger partial charge in [-0.2, -0.15) is 0 Å². The molecule has 1 aromatic carbocycles. The fraction of sp³-hybridized carbons (Fsp3) is 0.407. The fourth-order valence-corrected chi connectivity index (χ4v) is 4.55. The standard InChI is InChI=1S/C27H33ClN4O4/c1-17(2)27(3)10-9-21(13-20(28)14-27)31-26(36)30-15-18-7-8-19-16-32(25(35)22(19)12-18)23(6-5-11-33)24(34)29-4/h7-14,17,23H,5-6,15-16H2,1-4H3,(H,29,34)(H2,30,31,36). The van der Waals surface area contributed by atoms with Gasteiger partial charge in [0.15, 0.2) is 0 Å². The Morgan fingerprint density at radius 3 is 2.69 bits per heavy atom. The monoisotopic (exact) mass is 512 g/mol. The molecule has 1 aromatic rings. The number of urea groups is 1. The van der Waals surface area contributed by atoms with E-state index in [-0.39, 0.29) is 36.6 Å². The van der Waals surface area contributed by atoms with Crippen molar-refractivity contribution < 1.29 is 19.2 Å². The van der Waals surface area contributed by atoms with Gasteiger partial charge < -0.3 is 25.6 Å². The van der Waals surface area contributed by atoms with Crippen LogP contribution in [0.4, 0.5) is 4.79 Å². The highest BCUT2D eigenvalue weighted by Crippen LogP contribution is 2.35. The quantitative estimate of drug-likeness (QED) is 0.438. The van der Waals surface area contributed by atoms with Crippen LogP contribution in [-0.4, -0.2) is 42.1 Å². The van der Waals surface area contributed by atoms with Crippen LogP contribution < -0.4 is 16.0 Å². The van der Waals surface area contributed by atoms with Crippen molar-refractivity contribution in [2.24, 2.45) is 11.3 Å². The van der Waals surface area contributed by atoms with Gasteiger partial charge in [-0.15, -0.1) is 0 Å². The molecule has 9 heteroatoms. The van der Waals surface area contributed by atoms with E-state index in [9.17, 15) is 19.2 Å². The van der Waals surface area contributed by atoms with Crippen molar-refractivity contribution in [3.8, 4) is 0 Å². The summed E-state index contributed by atoms with van der Waals surface area (Å²) in [4.78, 5) is 50.2.